The van der Waals surface area contributed by atoms with Crippen molar-refractivity contribution >= 4 is 0 Å². The molecule has 0 aliphatic carbocycles. The summed E-state index contributed by atoms with van der Waals surface area (Å²) in [5.74, 6) is 0.710. The number of likely N-dealkylation sites (N-methyl/N-ethyl adjacent to an activating group) is 2. The van der Waals surface area contributed by atoms with Crippen molar-refractivity contribution in [1.29, 1.82) is 0 Å². The third-order valence-electron chi connectivity index (χ3n) is 4.17. The van der Waals surface area contributed by atoms with Crippen LogP contribution in [0.15, 0.2) is 0 Å². The SMILES string of the molecule is CNCC(C)C(C)N(C)C1CCCN(C)C1. The molecule has 0 aromatic rings. The van der Waals surface area contributed by atoms with E-state index in [4.69, 9.17) is 0 Å². The lowest BCUT2D eigenvalue weighted by Crippen LogP contribution is -2.50. The van der Waals surface area contributed by atoms with Gasteiger partial charge < -0.3 is 10.2 Å². The maximum absolute atomic E-state index is 3.28. The van der Waals surface area contributed by atoms with Crippen LogP contribution in [0.2, 0.25) is 0 Å². The smallest absolute Gasteiger partial charge is 0.0223 e. The second-order valence-corrected chi connectivity index (χ2v) is 5.50. The Morgan fingerprint density at radius 1 is 1.44 bits per heavy atom. The van der Waals surface area contributed by atoms with Crippen molar-refractivity contribution in [1.82, 2.24) is 15.1 Å². The molecule has 1 aliphatic heterocycles. The van der Waals surface area contributed by atoms with E-state index in [-0.39, 0.29) is 0 Å². The Hall–Kier alpha value is -0.120. The van der Waals surface area contributed by atoms with Gasteiger partial charge in [-0.3, -0.25) is 4.90 Å². The molecule has 96 valence electrons. The van der Waals surface area contributed by atoms with E-state index in [1.165, 1.54) is 25.9 Å². The lowest BCUT2D eigenvalue weighted by atomic mass is 9.97. The fourth-order valence-electron chi connectivity index (χ4n) is 2.70. The van der Waals surface area contributed by atoms with E-state index in [2.05, 4.69) is 43.1 Å². The molecule has 0 spiro atoms. The summed E-state index contributed by atoms with van der Waals surface area (Å²) in [4.78, 5) is 5.04. The Labute approximate surface area is 101 Å². The minimum atomic E-state index is 0.656. The number of piperidine rings is 1. The Balaban J connectivity index is 2.45. The van der Waals surface area contributed by atoms with Gasteiger partial charge in [0.15, 0.2) is 0 Å². The average molecular weight is 227 g/mol. The van der Waals surface area contributed by atoms with Crippen molar-refractivity contribution in [3.63, 3.8) is 0 Å². The topological polar surface area (TPSA) is 18.5 Å². The van der Waals surface area contributed by atoms with Gasteiger partial charge in [0.2, 0.25) is 0 Å². The van der Waals surface area contributed by atoms with E-state index in [1.54, 1.807) is 0 Å². The van der Waals surface area contributed by atoms with Crippen LogP contribution in [0.5, 0.6) is 0 Å². The van der Waals surface area contributed by atoms with Crippen LogP contribution in [0.1, 0.15) is 26.7 Å². The molecule has 3 nitrogen and oxygen atoms in total. The van der Waals surface area contributed by atoms with E-state index in [9.17, 15) is 0 Å². The molecule has 1 rings (SSSR count). The van der Waals surface area contributed by atoms with Crippen LogP contribution >= 0.6 is 0 Å². The van der Waals surface area contributed by atoms with Crippen LogP contribution in [0.25, 0.3) is 0 Å². The van der Waals surface area contributed by atoms with Crippen LogP contribution in [0, 0.1) is 5.92 Å². The lowest BCUT2D eigenvalue weighted by Gasteiger charge is -2.40. The van der Waals surface area contributed by atoms with Crippen LogP contribution < -0.4 is 5.32 Å². The molecule has 1 saturated heterocycles. The van der Waals surface area contributed by atoms with Crippen molar-refractivity contribution in [3.8, 4) is 0 Å². The van der Waals surface area contributed by atoms with Crippen LogP contribution in [0.4, 0.5) is 0 Å². The molecule has 0 bridgehead atoms. The molecular formula is C13H29N3. The van der Waals surface area contributed by atoms with Crippen LogP contribution in [-0.4, -0.2) is 62.7 Å². The highest BCUT2D eigenvalue weighted by Crippen LogP contribution is 2.18. The third-order valence-corrected chi connectivity index (χ3v) is 4.17. The van der Waals surface area contributed by atoms with Gasteiger partial charge in [-0.05, 0) is 59.9 Å². The van der Waals surface area contributed by atoms with Gasteiger partial charge in [0.05, 0.1) is 0 Å². The highest BCUT2D eigenvalue weighted by Gasteiger charge is 2.26. The first-order valence-electron chi connectivity index (χ1n) is 6.61. The Kier molecular flexibility index (Phi) is 5.73. The zero-order chi connectivity index (χ0) is 12.1. The van der Waals surface area contributed by atoms with E-state index < -0.39 is 0 Å². The second-order valence-electron chi connectivity index (χ2n) is 5.50. The van der Waals surface area contributed by atoms with Gasteiger partial charge in [0.25, 0.3) is 0 Å². The highest BCUT2D eigenvalue weighted by molar-refractivity contribution is 4.82. The fraction of sp³-hybridized carbons (Fsp3) is 1.00. The van der Waals surface area contributed by atoms with Crippen LogP contribution in [-0.2, 0) is 0 Å². The first-order valence-corrected chi connectivity index (χ1v) is 6.61. The molecule has 0 saturated carbocycles. The Morgan fingerprint density at radius 3 is 2.69 bits per heavy atom. The van der Waals surface area contributed by atoms with Gasteiger partial charge in [0.1, 0.15) is 0 Å². The molecule has 0 amide bonds. The van der Waals surface area contributed by atoms with E-state index in [1.807, 2.05) is 7.05 Å². The van der Waals surface area contributed by atoms with E-state index >= 15 is 0 Å². The number of rotatable bonds is 5. The summed E-state index contributed by atoms with van der Waals surface area (Å²) < 4.78 is 0. The molecule has 0 aromatic heterocycles. The molecule has 16 heavy (non-hydrogen) atoms. The van der Waals surface area contributed by atoms with Crippen molar-refractivity contribution in [3.05, 3.63) is 0 Å². The number of nitrogens with one attached hydrogen (secondary N) is 1. The van der Waals surface area contributed by atoms with Crippen molar-refractivity contribution in [2.24, 2.45) is 5.92 Å². The van der Waals surface area contributed by atoms with E-state index in [0.29, 0.717) is 12.0 Å². The van der Waals surface area contributed by atoms with Gasteiger partial charge in [-0.25, -0.2) is 0 Å². The largest absolute Gasteiger partial charge is 0.319 e. The first-order chi connectivity index (χ1) is 7.56. The average Bonchev–Trinajstić information content (AvgIpc) is 2.27. The molecule has 1 aliphatic rings. The summed E-state index contributed by atoms with van der Waals surface area (Å²) in [6.45, 7) is 8.30. The Bertz CT molecular complexity index is 196. The van der Waals surface area contributed by atoms with Crippen molar-refractivity contribution < 1.29 is 0 Å². The lowest BCUT2D eigenvalue weighted by molar-refractivity contribution is 0.0833. The van der Waals surface area contributed by atoms with Gasteiger partial charge in [-0.2, -0.15) is 0 Å². The molecule has 3 atom stereocenters. The van der Waals surface area contributed by atoms with E-state index in [0.717, 1.165) is 12.6 Å². The molecule has 3 heteroatoms. The number of nitrogens with zero attached hydrogens (tertiary/aromatic N) is 2. The molecular weight excluding hydrogens is 198 g/mol. The third kappa shape index (κ3) is 3.72. The maximum Gasteiger partial charge on any atom is 0.0223 e. The van der Waals surface area contributed by atoms with Gasteiger partial charge in [-0.15, -0.1) is 0 Å². The summed E-state index contributed by atoms with van der Waals surface area (Å²) in [7, 11) is 6.57. The highest BCUT2D eigenvalue weighted by atomic mass is 15.2. The molecule has 0 aromatic carbocycles. The Morgan fingerprint density at radius 2 is 2.12 bits per heavy atom. The normalized spacial score (nSPS) is 27.0. The standard InChI is InChI=1S/C13H29N3/c1-11(9-14-3)12(2)16(5)13-7-6-8-15(4)10-13/h11-14H,6-10H2,1-5H3. The predicted molar refractivity (Wildman–Crippen MR) is 70.8 cm³/mol. The monoisotopic (exact) mass is 227 g/mol. The summed E-state index contributed by atoms with van der Waals surface area (Å²) in [5, 5.41) is 3.28. The predicted octanol–water partition coefficient (Wildman–Crippen LogP) is 1.26. The quantitative estimate of drug-likeness (QED) is 0.763. The van der Waals surface area contributed by atoms with Gasteiger partial charge in [0, 0.05) is 18.6 Å². The van der Waals surface area contributed by atoms with Gasteiger partial charge >= 0.3 is 0 Å². The maximum atomic E-state index is 3.28. The number of likely N-dealkylation sites (tertiary alicyclic amines) is 1. The first kappa shape index (κ1) is 13.9. The molecule has 3 unspecified atom stereocenters. The molecule has 1 fully saturated rings. The summed E-state index contributed by atoms with van der Waals surface area (Å²) >= 11 is 0. The zero-order valence-electron chi connectivity index (χ0n) is 11.7. The summed E-state index contributed by atoms with van der Waals surface area (Å²) in [6.07, 6.45) is 2.70. The molecule has 1 heterocycles. The summed E-state index contributed by atoms with van der Waals surface area (Å²) in [5.41, 5.74) is 0. The van der Waals surface area contributed by atoms with Crippen LogP contribution in [0.3, 0.4) is 0 Å². The number of hydrogen-bond donors (Lipinski definition) is 1. The summed E-state index contributed by atoms with van der Waals surface area (Å²) in [6, 6.07) is 1.40. The molecule has 1 N–H and O–H groups in total. The minimum absolute atomic E-state index is 0.656. The fourth-order valence-corrected chi connectivity index (χ4v) is 2.70. The minimum Gasteiger partial charge on any atom is -0.319 e. The van der Waals surface area contributed by atoms with Gasteiger partial charge in [-0.1, -0.05) is 6.92 Å². The zero-order valence-corrected chi connectivity index (χ0v) is 11.7. The van der Waals surface area contributed by atoms with Crippen molar-refractivity contribution in [2.75, 3.05) is 40.8 Å². The van der Waals surface area contributed by atoms with Crippen molar-refractivity contribution in [2.45, 2.75) is 38.8 Å². The molecule has 0 radical (unpaired) electrons. The second kappa shape index (κ2) is 6.58. The number of hydrogen-bond acceptors (Lipinski definition) is 3.